The van der Waals surface area contributed by atoms with E-state index in [2.05, 4.69) is 0 Å². The average molecular weight is 231 g/mol. The predicted octanol–water partition coefficient (Wildman–Crippen LogP) is 2.96. The second-order valence-electron chi connectivity index (χ2n) is 3.75. The van der Waals surface area contributed by atoms with Gasteiger partial charge in [0, 0.05) is 12.1 Å². The molecule has 2 aromatic carbocycles. The summed E-state index contributed by atoms with van der Waals surface area (Å²) in [6.45, 7) is 0.400. The van der Waals surface area contributed by atoms with Gasteiger partial charge in [0.1, 0.15) is 11.6 Å². The SMILES string of the molecule is COc1cccc(-c2cc(CN)ccc2F)c1. The fraction of sp³-hybridized carbons (Fsp3) is 0.143. The number of benzene rings is 2. The molecule has 2 rings (SSSR count). The molecular formula is C14H14FNO. The summed E-state index contributed by atoms with van der Waals surface area (Å²) in [5.74, 6) is 0.454. The van der Waals surface area contributed by atoms with E-state index in [0.29, 0.717) is 17.9 Å². The molecule has 0 saturated carbocycles. The molecule has 88 valence electrons. The first-order valence-electron chi connectivity index (χ1n) is 5.37. The van der Waals surface area contributed by atoms with Gasteiger partial charge in [0.05, 0.1) is 7.11 Å². The first-order valence-corrected chi connectivity index (χ1v) is 5.37. The van der Waals surface area contributed by atoms with Gasteiger partial charge in [0.15, 0.2) is 0 Å². The Balaban J connectivity index is 2.50. The van der Waals surface area contributed by atoms with Crippen LogP contribution in [0.3, 0.4) is 0 Å². The van der Waals surface area contributed by atoms with E-state index in [-0.39, 0.29) is 5.82 Å². The van der Waals surface area contributed by atoms with Gasteiger partial charge in [0.2, 0.25) is 0 Å². The molecule has 0 spiro atoms. The van der Waals surface area contributed by atoms with Gasteiger partial charge in [-0.15, -0.1) is 0 Å². The van der Waals surface area contributed by atoms with Gasteiger partial charge in [-0.25, -0.2) is 4.39 Å². The maximum absolute atomic E-state index is 13.7. The van der Waals surface area contributed by atoms with E-state index in [9.17, 15) is 4.39 Å². The van der Waals surface area contributed by atoms with Crippen molar-refractivity contribution in [1.82, 2.24) is 0 Å². The third-order valence-corrected chi connectivity index (χ3v) is 2.65. The van der Waals surface area contributed by atoms with E-state index in [0.717, 1.165) is 11.1 Å². The molecule has 2 N–H and O–H groups in total. The van der Waals surface area contributed by atoms with Gasteiger partial charge in [0.25, 0.3) is 0 Å². The third kappa shape index (κ3) is 2.45. The minimum atomic E-state index is -0.254. The van der Waals surface area contributed by atoms with Crippen molar-refractivity contribution < 1.29 is 9.13 Å². The van der Waals surface area contributed by atoms with Gasteiger partial charge in [-0.05, 0) is 35.4 Å². The summed E-state index contributed by atoms with van der Waals surface area (Å²) in [4.78, 5) is 0. The van der Waals surface area contributed by atoms with Gasteiger partial charge in [-0.3, -0.25) is 0 Å². The Labute approximate surface area is 99.8 Å². The standard InChI is InChI=1S/C14H14FNO/c1-17-12-4-2-3-11(8-12)13-7-10(9-16)5-6-14(13)15/h2-8H,9,16H2,1H3. The normalized spacial score (nSPS) is 10.3. The fourth-order valence-electron chi connectivity index (χ4n) is 1.71. The van der Waals surface area contributed by atoms with Crippen molar-refractivity contribution in [3.8, 4) is 16.9 Å². The fourth-order valence-corrected chi connectivity index (χ4v) is 1.71. The lowest BCUT2D eigenvalue weighted by atomic mass is 10.0. The summed E-state index contributed by atoms with van der Waals surface area (Å²) < 4.78 is 18.9. The van der Waals surface area contributed by atoms with Crippen LogP contribution in [0.5, 0.6) is 5.75 Å². The number of nitrogens with two attached hydrogens (primary N) is 1. The zero-order chi connectivity index (χ0) is 12.3. The van der Waals surface area contributed by atoms with Crippen molar-refractivity contribution in [2.75, 3.05) is 7.11 Å². The summed E-state index contributed by atoms with van der Waals surface area (Å²) in [5, 5.41) is 0. The number of halogens is 1. The Bertz CT molecular complexity index is 525. The van der Waals surface area contributed by atoms with Gasteiger partial charge >= 0.3 is 0 Å². The Morgan fingerprint density at radius 1 is 1.18 bits per heavy atom. The summed E-state index contributed by atoms with van der Waals surface area (Å²) in [5.41, 5.74) is 7.80. The Hall–Kier alpha value is -1.87. The number of hydrogen-bond acceptors (Lipinski definition) is 2. The highest BCUT2D eigenvalue weighted by Crippen LogP contribution is 2.27. The second-order valence-corrected chi connectivity index (χ2v) is 3.75. The minimum Gasteiger partial charge on any atom is -0.497 e. The lowest BCUT2D eigenvalue weighted by Gasteiger charge is -2.07. The van der Waals surface area contributed by atoms with Crippen molar-refractivity contribution >= 4 is 0 Å². The molecule has 3 heteroatoms. The van der Waals surface area contributed by atoms with Crippen molar-refractivity contribution in [3.63, 3.8) is 0 Å². The highest BCUT2D eigenvalue weighted by Gasteiger charge is 2.06. The molecular weight excluding hydrogens is 217 g/mol. The lowest BCUT2D eigenvalue weighted by Crippen LogP contribution is -1.97. The molecule has 0 aliphatic heterocycles. The largest absolute Gasteiger partial charge is 0.497 e. The van der Waals surface area contributed by atoms with Crippen molar-refractivity contribution in [2.45, 2.75) is 6.54 Å². The lowest BCUT2D eigenvalue weighted by molar-refractivity contribution is 0.415. The van der Waals surface area contributed by atoms with E-state index in [4.69, 9.17) is 10.5 Å². The molecule has 17 heavy (non-hydrogen) atoms. The second kappa shape index (κ2) is 4.97. The van der Waals surface area contributed by atoms with Crippen LogP contribution < -0.4 is 10.5 Å². The summed E-state index contributed by atoms with van der Waals surface area (Å²) in [7, 11) is 1.59. The van der Waals surface area contributed by atoms with Crippen molar-refractivity contribution in [1.29, 1.82) is 0 Å². The van der Waals surface area contributed by atoms with Crippen molar-refractivity contribution in [3.05, 3.63) is 53.8 Å². The molecule has 0 aliphatic carbocycles. The van der Waals surface area contributed by atoms with Crippen LogP contribution in [0.1, 0.15) is 5.56 Å². The molecule has 0 bridgehead atoms. The van der Waals surface area contributed by atoms with Crippen LogP contribution in [-0.2, 0) is 6.54 Å². The van der Waals surface area contributed by atoms with Crippen LogP contribution in [0, 0.1) is 5.82 Å². The maximum atomic E-state index is 13.7. The molecule has 0 aliphatic rings. The van der Waals surface area contributed by atoms with Crippen LogP contribution in [0.15, 0.2) is 42.5 Å². The van der Waals surface area contributed by atoms with Gasteiger partial charge in [-0.2, -0.15) is 0 Å². The molecule has 0 unspecified atom stereocenters. The Morgan fingerprint density at radius 3 is 2.71 bits per heavy atom. The van der Waals surface area contributed by atoms with Crippen LogP contribution >= 0.6 is 0 Å². The van der Waals surface area contributed by atoms with Crippen LogP contribution in [0.4, 0.5) is 4.39 Å². The smallest absolute Gasteiger partial charge is 0.131 e. The molecule has 0 fully saturated rings. The van der Waals surface area contributed by atoms with Crippen LogP contribution in [-0.4, -0.2) is 7.11 Å². The highest BCUT2D eigenvalue weighted by atomic mass is 19.1. The number of ether oxygens (including phenoxy) is 1. The summed E-state index contributed by atoms with van der Waals surface area (Å²) in [6.07, 6.45) is 0. The minimum absolute atomic E-state index is 0.254. The quantitative estimate of drug-likeness (QED) is 0.881. The molecule has 2 nitrogen and oxygen atoms in total. The molecule has 0 heterocycles. The first kappa shape index (κ1) is 11.6. The van der Waals surface area contributed by atoms with E-state index in [1.807, 2.05) is 18.2 Å². The average Bonchev–Trinajstić information content (AvgIpc) is 2.39. The maximum Gasteiger partial charge on any atom is 0.131 e. The zero-order valence-corrected chi connectivity index (χ0v) is 9.61. The number of hydrogen-bond donors (Lipinski definition) is 1. The van der Waals surface area contributed by atoms with Crippen LogP contribution in [0.25, 0.3) is 11.1 Å². The first-order chi connectivity index (χ1) is 8.24. The predicted molar refractivity (Wildman–Crippen MR) is 66.3 cm³/mol. The Morgan fingerprint density at radius 2 is 2.00 bits per heavy atom. The molecule has 0 aromatic heterocycles. The molecule has 0 atom stereocenters. The monoisotopic (exact) mass is 231 g/mol. The molecule has 2 aromatic rings. The number of methoxy groups -OCH3 is 1. The molecule has 0 radical (unpaired) electrons. The van der Waals surface area contributed by atoms with E-state index in [1.165, 1.54) is 6.07 Å². The highest BCUT2D eigenvalue weighted by molar-refractivity contribution is 5.66. The number of rotatable bonds is 3. The topological polar surface area (TPSA) is 35.2 Å². The zero-order valence-electron chi connectivity index (χ0n) is 9.61. The molecule has 0 saturated heterocycles. The van der Waals surface area contributed by atoms with E-state index in [1.54, 1.807) is 25.3 Å². The van der Waals surface area contributed by atoms with E-state index < -0.39 is 0 Å². The summed E-state index contributed by atoms with van der Waals surface area (Å²) >= 11 is 0. The van der Waals surface area contributed by atoms with E-state index >= 15 is 0 Å². The third-order valence-electron chi connectivity index (χ3n) is 2.65. The van der Waals surface area contributed by atoms with Gasteiger partial charge < -0.3 is 10.5 Å². The van der Waals surface area contributed by atoms with Crippen molar-refractivity contribution in [2.24, 2.45) is 5.73 Å². The molecule has 0 amide bonds. The van der Waals surface area contributed by atoms with Crippen LogP contribution in [0.2, 0.25) is 0 Å². The Kier molecular flexibility index (Phi) is 3.40. The van der Waals surface area contributed by atoms with Gasteiger partial charge in [-0.1, -0.05) is 18.2 Å². The summed E-state index contributed by atoms with van der Waals surface area (Å²) in [6, 6.07) is 12.2.